The third-order valence-corrected chi connectivity index (χ3v) is 3.07. The largest absolute Gasteiger partial charge is 0.481 e. The van der Waals surface area contributed by atoms with Crippen LogP contribution in [-0.2, 0) is 16.2 Å². The number of amides is 1. The predicted molar refractivity (Wildman–Crippen MR) is 62.8 cm³/mol. The molecule has 1 aromatic heterocycles. The molecule has 0 spiro atoms. The topological polar surface area (TPSA) is 131 Å². The van der Waals surface area contributed by atoms with Crippen LogP contribution in [0.25, 0.3) is 0 Å². The van der Waals surface area contributed by atoms with Crippen molar-refractivity contribution in [2.75, 3.05) is 5.75 Å². The van der Waals surface area contributed by atoms with Crippen molar-refractivity contribution >= 4 is 23.6 Å². The second kappa shape index (κ2) is 6.36. The van der Waals surface area contributed by atoms with Gasteiger partial charge < -0.3 is 20.5 Å². The van der Waals surface area contributed by atoms with Crippen molar-refractivity contribution in [2.24, 2.45) is 5.73 Å². The van der Waals surface area contributed by atoms with Crippen LogP contribution < -0.4 is 5.73 Å². The number of nitrogens with two attached hydrogens (primary N) is 1. The highest BCUT2D eigenvalue weighted by Crippen LogP contribution is 2.23. The lowest BCUT2D eigenvalue weighted by atomic mass is 10.2. The maximum absolute atomic E-state index is 10.9. The lowest BCUT2D eigenvalue weighted by Crippen LogP contribution is -2.19. The first-order chi connectivity index (χ1) is 8.45. The van der Waals surface area contributed by atoms with E-state index in [-0.39, 0.29) is 30.6 Å². The number of aromatic nitrogens is 3. The maximum Gasteiger partial charge on any atom is 0.313 e. The number of carbonyl (C=O) groups is 2. The Hall–Kier alpha value is -1.61. The summed E-state index contributed by atoms with van der Waals surface area (Å²) in [5.74, 6) is -1.37. The van der Waals surface area contributed by atoms with Gasteiger partial charge in [0.2, 0.25) is 5.91 Å². The van der Waals surface area contributed by atoms with Crippen LogP contribution in [0.1, 0.15) is 25.2 Å². The van der Waals surface area contributed by atoms with Crippen molar-refractivity contribution in [3.63, 3.8) is 0 Å². The Morgan fingerprint density at radius 3 is 2.67 bits per heavy atom. The van der Waals surface area contributed by atoms with Crippen molar-refractivity contribution in [1.29, 1.82) is 0 Å². The molecule has 0 aliphatic rings. The number of hydrogen-bond donors (Lipinski definition) is 3. The zero-order chi connectivity index (χ0) is 13.7. The normalized spacial score (nSPS) is 12.3. The SMILES string of the molecule is CC(CC(N)=O)n1c(CO)nnc1SCC(=O)O. The minimum absolute atomic E-state index is 0.0612. The van der Waals surface area contributed by atoms with Gasteiger partial charge in [0.05, 0.1) is 5.75 Å². The first kappa shape index (κ1) is 14.5. The molecule has 0 fully saturated rings. The molecule has 0 aromatic carbocycles. The van der Waals surface area contributed by atoms with Gasteiger partial charge in [0.15, 0.2) is 11.0 Å². The van der Waals surface area contributed by atoms with Gasteiger partial charge in [0.1, 0.15) is 6.61 Å². The summed E-state index contributed by atoms with van der Waals surface area (Å²) in [4.78, 5) is 21.4. The van der Waals surface area contributed by atoms with E-state index < -0.39 is 11.9 Å². The number of primary amides is 1. The zero-order valence-electron chi connectivity index (χ0n) is 9.74. The molecule has 1 amide bonds. The fourth-order valence-corrected chi connectivity index (χ4v) is 2.24. The minimum Gasteiger partial charge on any atom is -0.481 e. The average Bonchev–Trinajstić information content (AvgIpc) is 2.68. The molecule has 18 heavy (non-hydrogen) atoms. The van der Waals surface area contributed by atoms with Gasteiger partial charge >= 0.3 is 5.97 Å². The van der Waals surface area contributed by atoms with E-state index in [2.05, 4.69) is 10.2 Å². The molecule has 9 heteroatoms. The second-order valence-electron chi connectivity index (χ2n) is 3.63. The van der Waals surface area contributed by atoms with Gasteiger partial charge in [0, 0.05) is 12.5 Å². The first-order valence-corrected chi connectivity index (χ1v) is 6.11. The number of aliphatic carboxylic acids is 1. The molecule has 4 N–H and O–H groups in total. The highest BCUT2D eigenvalue weighted by molar-refractivity contribution is 7.99. The molecule has 1 rings (SSSR count). The number of aliphatic hydroxyl groups is 1. The van der Waals surface area contributed by atoms with Crippen LogP contribution >= 0.6 is 11.8 Å². The highest BCUT2D eigenvalue weighted by Gasteiger charge is 2.19. The number of hydrogen-bond acceptors (Lipinski definition) is 6. The van der Waals surface area contributed by atoms with Gasteiger partial charge in [-0.25, -0.2) is 0 Å². The van der Waals surface area contributed by atoms with E-state index >= 15 is 0 Å². The van der Waals surface area contributed by atoms with Gasteiger partial charge in [0.25, 0.3) is 0 Å². The molecule has 0 radical (unpaired) electrons. The Kier molecular flexibility index (Phi) is 5.10. The van der Waals surface area contributed by atoms with Gasteiger partial charge in [-0.2, -0.15) is 0 Å². The fraction of sp³-hybridized carbons (Fsp3) is 0.556. The standard InChI is InChI=1S/C9H14N4O4S/c1-5(2-6(10)15)13-7(3-14)11-12-9(13)18-4-8(16)17/h5,14H,2-4H2,1H3,(H2,10,15)(H,16,17). The van der Waals surface area contributed by atoms with Gasteiger partial charge in [-0.3, -0.25) is 9.59 Å². The van der Waals surface area contributed by atoms with Crippen molar-refractivity contribution in [3.05, 3.63) is 5.82 Å². The summed E-state index contributed by atoms with van der Waals surface area (Å²) < 4.78 is 1.53. The molecule has 1 aromatic rings. The van der Waals surface area contributed by atoms with Crippen LogP contribution in [0.3, 0.4) is 0 Å². The van der Waals surface area contributed by atoms with E-state index in [1.54, 1.807) is 6.92 Å². The van der Waals surface area contributed by atoms with E-state index in [0.29, 0.717) is 5.16 Å². The van der Waals surface area contributed by atoms with Crippen LogP contribution in [0.15, 0.2) is 5.16 Å². The van der Waals surface area contributed by atoms with Crippen molar-refractivity contribution < 1.29 is 19.8 Å². The first-order valence-electron chi connectivity index (χ1n) is 5.13. The number of nitrogens with zero attached hydrogens (tertiary/aromatic N) is 3. The van der Waals surface area contributed by atoms with Crippen LogP contribution in [0, 0.1) is 0 Å². The fourth-order valence-electron chi connectivity index (χ4n) is 1.47. The Bertz CT molecular complexity index is 448. The number of thioether (sulfide) groups is 1. The van der Waals surface area contributed by atoms with E-state index in [4.69, 9.17) is 15.9 Å². The van der Waals surface area contributed by atoms with E-state index in [9.17, 15) is 9.59 Å². The number of rotatable bonds is 7. The third kappa shape index (κ3) is 3.70. The van der Waals surface area contributed by atoms with Crippen molar-refractivity contribution in [2.45, 2.75) is 31.1 Å². The van der Waals surface area contributed by atoms with Crippen molar-refractivity contribution in [1.82, 2.24) is 14.8 Å². The molecular weight excluding hydrogens is 260 g/mol. The van der Waals surface area contributed by atoms with E-state index in [0.717, 1.165) is 11.8 Å². The molecular formula is C9H14N4O4S. The summed E-state index contributed by atoms with van der Waals surface area (Å²) in [7, 11) is 0. The molecule has 1 atom stereocenters. The quantitative estimate of drug-likeness (QED) is 0.565. The van der Waals surface area contributed by atoms with Crippen molar-refractivity contribution in [3.8, 4) is 0 Å². The molecule has 100 valence electrons. The zero-order valence-corrected chi connectivity index (χ0v) is 10.6. The Labute approximate surface area is 107 Å². The lowest BCUT2D eigenvalue weighted by Gasteiger charge is -2.15. The molecule has 0 saturated carbocycles. The number of carboxylic acids is 1. The van der Waals surface area contributed by atoms with Crippen LogP contribution in [-0.4, -0.2) is 42.6 Å². The summed E-state index contributed by atoms with van der Waals surface area (Å²) in [5.41, 5.74) is 5.11. The highest BCUT2D eigenvalue weighted by atomic mass is 32.2. The number of carboxylic acid groups (broad SMARTS) is 1. The van der Waals surface area contributed by atoms with E-state index in [1.807, 2.05) is 0 Å². The number of carbonyl (C=O) groups excluding carboxylic acids is 1. The number of aliphatic hydroxyl groups excluding tert-OH is 1. The van der Waals surface area contributed by atoms with Gasteiger partial charge in [-0.1, -0.05) is 11.8 Å². The maximum atomic E-state index is 10.9. The minimum atomic E-state index is -0.984. The molecule has 0 bridgehead atoms. The summed E-state index contributed by atoms with van der Waals surface area (Å²) >= 11 is 0.973. The van der Waals surface area contributed by atoms with Crippen LogP contribution in [0.5, 0.6) is 0 Å². The Morgan fingerprint density at radius 2 is 2.17 bits per heavy atom. The summed E-state index contributed by atoms with van der Waals surface area (Å²) in [6, 6.07) is -0.337. The van der Waals surface area contributed by atoms with Gasteiger partial charge in [-0.15, -0.1) is 10.2 Å². The van der Waals surface area contributed by atoms with Gasteiger partial charge in [-0.05, 0) is 6.92 Å². The Balaban J connectivity index is 2.93. The summed E-state index contributed by atoms with van der Waals surface area (Å²) in [6.45, 7) is 1.38. The summed E-state index contributed by atoms with van der Waals surface area (Å²) in [5, 5.41) is 25.6. The van der Waals surface area contributed by atoms with Crippen LogP contribution in [0.4, 0.5) is 0 Å². The predicted octanol–water partition coefficient (Wildman–Crippen LogP) is -0.616. The molecule has 0 aliphatic heterocycles. The van der Waals surface area contributed by atoms with E-state index in [1.165, 1.54) is 4.57 Å². The molecule has 0 aliphatic carbocycles. The molecule has 8 nitrogen and oxygen atoms in total. The molecule has 1 heterocycles. The monoisotopic (exact) mass is 274 g/mol. The average molecular weight is 274 g/mol. The molecule has 0 saturated heterocycles. The lowest BCUT2D eigenvalue weighted by molar-refractivity contribution is -0.134. The molecule has 1 unspecified atom stereocenters. The smallest absolute Gasteiger partial charge is 0.313 e. The van der Waals surface area contributed by atoms with Crippen LogP contribution in [0.2, 0.25) is 0 Å². The third-order valence-electron chi connectivity index (χ3n) is 2.14. The summed E-state index contributed by atoms with van der Waals surface area (Å²) in [6.07, 6.45) is 0.0612. The Morgan fingerprint density at radius 1 is 1.50 bits per heavy atom. The second-order valence-corrected chi connectivity index (χ2v) is 4.57.